The van der Waals surface area contributed by atoms with Gasteiger partial charge in [-0.2, -0.15) is 0 Å². The van der Waals surface area contributed by atoms with Gasteiger partial charge in [-0.05, 0) is 50.8 Å². The molecule has 1 aromatic carbocycles. The van der Waals surface area contributed by atoms with Gasteiger partial charge in [0.15, 0.2) is 0 Å². The number of nitrogens with one attached hydrogen (secondary N) is 1. The minimum Gasteiger partial charge on any atom is -0.311 e. The van der Waals surface area contributed by atoms with Crippen LogP contribution in [0.5, 0.6) is 0 Å². The smallest absolute Gasteiger partial charge is 0.00939 e. The topological polar surface area (TPSA) is 15.3 Å². The second-order valence-electron chi connectivity index (χ2n) is 6.41. The van der Waals surface area contributed by atoms with E-state index in [4.69, 9.17) is 0 Å². The van der Waals surface area contributed by atoms with Crippen LogP contribution in [-0.4, -0.2) is 36.6 Å². The maximum atomic E-state index is 3.87. The molecule has 1 aliphatic heterocycles. The zero-order chi connectivity index (χ0) is 14.9. The van der Waals surface area contributed by atoms with Crippen molar-refractivity contribution in [3.8, 4) is 0 Å². The molecule has 0 saturated carbocycles. The van der Waals surface area contributed by atoms with Gasteiger partial charge < -0.3 is 10.2 Å². The van der Waals surface area contributed by atoms with E-state index in [1.807, 2.05) is 0 Å². The minimum atomic E-state index is 0.732. The molecule has 118 valence electrons. The highest BCUT2D eigenvalue weighted by molar-refractivity contribution is 5.14. The van der Waals surface area contributed by atoms with E-state index in [-0.39, 0.29) is 0 Å². The van der Waals surface area contributed by atoms with Crippen LogP contribution in [0.4, 0.5) is 0 Å². The van der Waals surface area contributed by atoms with Crippen LogP contribution < -0.4 is 5.32 Å². The van der Waals surface area contributed by atoms with Gasteiger partial charge in [-0.15, -0.1) is 0 Å². The van der Waals surface area contributed by atoms with E-state index in [0.29, 0.717) is 0 Å². The summed E-state index contributed by atoms with van der Waals surface area (Å²) in [6.07, 6.45) is 7.70. The summed E-state index contributed by atoms with van der Waals surface area (Å²) < 4.78 is 0. The normalized spacial score (nSPS) is 18.8. The Morgan fingerprint density at radius 2 is 1.86 bits per heavy atom. The molecule has 2 heteroatoms. The van der Waals surface area contributed by atoms with Crippen LogP contribution in [0, 0.1) is 0 Å². The van der Waals surface area contributed by atoms with E-state index in [1.54, 1.807) is 0 Å². The van der Waals surface area contributed by atoms with Crippen LogP contribution in [0.15, 0.2) is 30.3 Å². The number of likely N-dealkylation sites (tertiary alicyclic amines) is 1. The molecule has 1 N–H and O–H groups in total. The first-order chi connectivity index (χ1) is 10.3. The Morgan fingerprint density at radius 3 is 2.48 bits per heavy atom. The van der Waals surface area contributed by atoms with Gasteiger partial charge in [-0.25, -0.2) is 0 Å². The maximum Gasteiger partial charge on any atom is 0.00939 e. The lowest BCUT2D eigenvalue weighted by Gasteiger charge is -2.34. The van der Waals surface area contributed by atoms with Gasteiger partial charge in [-0.1, -0.05) is 50.6 Å². The van der Waals surface area contributed by atoms with E-state index in [2.05, 4.69) is 54.4 Å². The number of piperidine rings is 1. The molecule has 0 amide bonds. The van der Waals surface area contributed by atoms with Gasteiger partial charge in [-0.3, -0.25) is 0 Å². The van der Waals surface area contributed by atoms with Crippen molar-refractivity contribution < 1.29 is 0 Å². The highest BCUT2D eigenvalue weighted by Gasteiger charge is 2.20. The van der Waals surface area contributed by atoms with Crippen molar-refractivity contribution in [3.63, 3.8) is 0 Å². The molecular formula is C19H32N2. The summed E-state index contributed by atoms with van der Waals surface area (Å²) in [6, 6.07) is 12.3. The molecule has 21 heavy (non-hydrogen) atoms. The lowest BCUT2D eigenvalue weighted by molar-refractivity contribution is 0.190. The molecule has 2 rings (SSSR count). The van der Waals surface area contributed by atoms with Crippen molar-refractivity contribution in [1.29, 1.82) is 0 Å². The van der Waals surface area contributed by atoms with Crippen LogP contribution in [0.25, 0.3) is 0 Å². The number of hydrogen-bond donors (Lipinski definition) is 1. The number of benzene rings is 1. The zero-order valence-electron chi connectivity index (χ0n) is 13.9. The second kappa shape index (κ2) is 9.22. The molecule has 0 spiro atoms. The molecule has 1 fully saturated rings. The van der Waals surface area contributed by atoms with Crippen LogP contribution in [0.1, 0.15) is 51.5 Å². The predicted octanol–water partition coefficient (Wildman–Crippen LogP) is 3.86. The third-order valence-corrected chi connectivity index (χ3v) is 4.75. The maximum absolute atomic E-state index is 3.87. The van der Waals surface area contributed by atoms with E-state index in [0.717, 1.165) is 12.1 Å². The van der Waals surface area contributed by atoms with Crippen molar-refractivity contribution in [2.75, 3.05) is 19.6 Å². The summed E-state index contributed by atoms with van der Waals surface area (Å²) in [6.45, 7) is 8.32. The molecule has 1 aromatic rings. The lowest BCUT2D eigenvalue weighted by atomic mass is 10.0. The van der Waals surface area contributed by atoms with Gasteiger partial charge in [0.05, 0.1) is 0 Å². The molecule has 1 atom stereocenters. The summed E-state index contributed by atoms with van der Waals surface area (Å²) in [5.74, 6) is 0. The molecule has 0 radical (unpaired) electrons. The summed E-state index contributed by atoms with van der Waals surface area (Å²) in [7, 11) is 0. The Labute approximate surface area is 130 Å². The average molecular weight is 288 g/mol. The Hall–Kier alpha value is -0.860. The predicted molar refractivity (Wildman–Crippen MR) is 91.7 cm³/mol. The first-order valence-corrected chi connectivity index (χ1v) is 8.84. The summed E-state index contributed by atoms with van der Waals surface area (Å²) in [5.41, 5.74) is 1.46. The van der Waals surface area contributed by atoms with Gasteiger partial charge in [0.25, 0.3) is 0 Å². The number of nitrogens with zero attached hydrogens (tertiary/aromatic N) is 1. The van der Waals surface area contributed by atoms with Gasteiger partial charge in [0.1, 0.15) is 0 Å². The Kier molecular flexibility index (Phi) is 7.25. The molecule has 1 saturated heterocycles. The quantitative estimate of drug-likeness (QED) is 0.781. The van der Waals surface area contributed by atoms with Crippen LogP contribution in [0.3, 0.4) is 0 Å². The second-order valence-corrected chi connectivity index (χ2v) is 6.41. The Morgan fingerprint density at radius 1 is 1.14 bits per heavy atom. The van der Waals surface area contributed by atoms with Gasteiger partial charge >= 0.3 is 0 Å². The van der Waals surface area contributed by atoms with Crippen molar-refractivity contribution >= 4 is 0 Å². The fourth-order valence-corrected chi connectivity index (χ4v) is 3.34. The van der Waals surface area contributed by atoms with Crippen LogP contribution >= 0.6 is 0 Å². The molecule has 0 aromatic heterocycles. The zero-order valence-corrected chi connectivity index (χ0v) is 13.9. The SMILES string of the molecule is CCCC(CC)NC1CCN(CCc2ccccc2)CC1. The van der Waals surface area contributed by atoms with Crippen LogP contribution in [-0.2, 0) is 6.42 Å². The minimum absolute atomic E-state index is 0.732. The Bertz CT molecular complexity index is 368. The highest BCUT2D eigenvalue weighted by atomic mass is 15.1. The largest absolute Gasteiger partial charge is 0.311 e. The van der Waals surface area contributed by atoms with E-state index in [1.165, 1.54) is 63.7 Å². The van der Waals surface area contributed by atoms with E-state index in [9.17, 15) is 0 Å². The molecule has 1 unspecified atom stereocenters. The fraction of sp³-hybridized carbons (Fsp3) is 0.684. The third kappa shape index (κ3) is 5.80. The molecular weight excluding hydrogens is 256 g/mol. The molecule has 2 nitrogen and oxygen atoms in total. The van der Waals surface area contributed by atoms with E-state index < -0.39 is 0 Å². The van der Waals surface area contributed by atoms with Crippen molar-refractivity contribution in [1.82, 2.24) is 10.2 Å². The fourth-order valence-electron chi connectivity index (χ4n) is 3.34. The molecule has 0 aliphatic carbocycles. The first kappa shape index (κ1) is 16.5. The van der Waals surface area contributed by atoms with Crippen LogP contribution in [0.2, 0.25) is 0 Å². The molecule has 1 aliphatic rings. The third-order valence-electron chi connectivity index (χ3n) is 4.75. The summed E-state index contributed by atoms with van der Waals surface area (Å²) in [5, 5.41) is 3.87. The van der Waals surface area contributed by atoms with Crippen molar-refractivity contribution in [2.45, 2.75) is 64.5 Å². The monoisotopic (exact) mass is 288 g/mol. The lowest BCUT2D eigenvalue weighted by Crippen LogP contribution is -2.46. The summed E-state index contributed by atoms with van der Waals surface area (Å²) in [4.78, 5) is 2.63. The first-order valence-electron chi connectivity index (χ1n) is 8.84. The van der Waals surface area contributed by atoms with Crippen molar-refractivity contribution in [3.05, 3.63) is 35.9 Å². The highest BCUT2D eigenvalue weighted by Crippen LogP contribution is 2.14. The average Bonchev–Trinajstić information content (AvgIpc) is 2.54. The summed E-state index contributed by atoms with van der Waals surface area (Å²) >= 11 is 0. The van der Waals surface area contributed by atoms with Gasteiger partial charge in [0.2, 0.25) is 0 Å². The molecule has 0 bridgehead atoms. The Balaban J connectivity index is 1.66. The van der Waals surface area contributed by atoms with Crippen molar-refractivity contribution in [2.24, 2.45) is 0 Å². The standard InChI is InChI=1S/C19H32N2/c1-3-8-18(4-2)20-19-12-15-21(16-13-19)14-11-17-9-6-5-7-10-17/h5-7,9-10,18-20H,3-4,8,11-16H2,1-2H3. The van der Waals surface area contributed by atoms with Gasteiger partial charge in [0, 0.05) is 18.6 Å². The molecule has 1 heterocycles. The van der Waals surface area contributed by atoms with E-state index >= 15 is 0 Å². The number of rotatable bonds is 8. The number of hydrogen-bond acceptors (Lipinski definition) is 2.